The number of aromatic nitrogens is 3. The van der Waals surface area contributed by atoms with Crippen LogP contribution < -0.4 is 4.74 Å². The molecule has 2 aromatic carbocycles. The zero-order valence-electron chi connectivity index (χ0n) is 21.8. The third kappa shape index (κ3) is 5.54. The van der Waals surface area contributed by atoms with Gasteiger partial charge >= 0.3 is 5.97 Å². The molecule has 5 rings (SSSR count). The fourth-order valence-electron chi connectivity index (χ4n) is 5.06. The quantitative estimate of drug-likeness (QED) is 0.349. The van der Waals surface area contributed by atoms with Gasteiger partial charge in [-0.1, -0.05) is 18.2 Å². The number of rotatable bonds is 9. The molecule has 8 heteroatoms. The summed E-state index contributed by atoms with van der Waals surface area (Å²) in [5, 5.41) is 15.0. The van der Waals surface area contributed by atoms with Gasteiger partial charge in [-0.15, -0.1) is 0 Å². The number of carboxylic acids is 1. The number of benzene rings is 2. The van der Waals surface area contributed by atoms with Crippen molar-refractivity contribution in [1.82, 2.24) is 19.7 Å². The minimum Gasteiger partial charge on any atom is -0.493 e. The molecule has 0 saturated carbocycles. The molecule has 0 fully saturated rings. The molecule has 8 nitrogen and oxygen atoms in total. The highest BCUT2D eigenvalue weighted by Crippen LogP contribution is 2.29. The Bertz CT molecular complexity index is 1480. The van der Waals surface area contributed by atoms with Crippen LogP contribution in [-0.2, 0) is 24.1 Å². The lowest BCUT2D eigenvalue weighted by Crippen LogP contribution is -2.22. The summed E-state index contributed by atoms with van der Waals surface area (Å²) in [7, 11) is 3.38. The molecule has 0 unspecified atom stereocenters. The molecule has 1 aliphatic carbocycles. The molecule has 4 aromatic rings. The van der Waals surface area contributed by atoms with E-state index in [2.05, 4.69) is 17.2 Å². The lowest BCUT2D eigenvalue weighted by molar-refractivity contribution is -0.137. The number of carboxylic acid groups (broad SMARTS) is 1. The minimum atomic E-state index is -0.946. The molecule has 2 heterocycles. The second-order valence-electron chi connectivity index (χ2n) is 9.96. The van der Waals surface area contributed by atoms with E-state index in [1.807, 2.05) is 24.3 Å². The first-order chi connectivity index (χ1) is 18.4. The number of hydrogen-bond acceptors (Lipinski definition) is 5. The molecule has 1 atom stereocenters. The molecule has 196 valence electrons. The topological polar surface area (TPSA) is 97.6 Å². The van der Waals surface area contributed by atoms with E-state index < -0.39 is 12.0 Å². The van der Waals surface area contributed by atoms with E-state index in [1.54, 1.807) is 43.2 Å². The number of nitrogens with zero attached hydrogens (tertiary/aromatic N) is 4. The number of aliphatic carboxylic acids is 1. The summed E-state index contributed by atoms with van der Waals surface area (Å²) < 4.78 is 7.74. The SMILES string of the molecule is CN(C)C(=O)c1cccc([C@@H](CC(=O)O)n2ncc3cc(OCCc4ccc5c(n4)CCCC5)ccc32)c1. The Morgan fingerprint density at radius 2 is 1.92 bits per heavy atom. The van der Waals surface area contributed by atoms with Crippen LogP contribution in [0, 0.1) is 0 Å². The maximum absolute atomic E-state index is 12.5. The summed E-state index contributed by atoms with van der Waals surface area (Å²) in [5.41, 5.74) is 5.66. The van der Waals surface area contributed by atoms with Crippen LogP contribution >= 0.6 is 0 Å². The Labute approximate surface area is 221 Å². The lowest BCUT2D eigenvalue weighted by atomic mass is 9.96. The van der Waals surface area contributed by atoms with E-state index in [-0.39, 0.29) is 12.3 Å². The average molecular weight is 513 g/mol. The second-order valence-corrected chi connectivity index (χ2v) is 9.96. The predicted octanol–water partition coefficient (Wildman–Crippen LogP) is 4.70. The fraction of sp³-hybridized carbons (Fsp3) is 0.333. The van der Waals surface area contributed by atoms with Crippen LogP contribution in [0.1, 0.15) is 58.2 Å². The smallest absolute Gasteiger partial charge is 0.305 e. The van der Waals surface area contributed by atoms with Crippen molar-refractivity contribution in [2.24, 2.45) is 0 Å². The van der Waals surface area contributed by atoms with Gasteiger partial charge in [0.05, 0.1) is 30.8 Å². The van der Waals surface area contributed by atoms with Crippen molar-refractivity contribution >= 4 is 22.8 Å². The first kappa shape index (κ1) is 25.4. The third-order valence-corrected chi connectivity index (χ3v) is 7.02. The van der Waals surface area contributed by atoms with E-state index in [0.717, 1.165) is 41.6 Å². The molecule has 1 amide bonds. The zero-order valence-corrected chi connectivity index (χ0v) is 21.8. The van der Waals surface area contributed by atoms with Crippen LogP contribution in [0.4, 0.5) is 0 Å². The number of hydrogen-bond donors (Lipinski definition) is 1. The van der Waals surface area contributed by atoms with Crippen LogP contribution in [0.15, 0.2) is 60.8 Å². The normalized spacial score (nSPS) is 13.6. The van der Waals surface area contributed by atoms with Crippen molar-refractivity contribution < 1.29 is 19.4 Å². The summed E-state index contributed by atoms with van der Waals surface area (Å²) in [4.78, 5) is 30.6. The Balaban J connectivity index is 1.33. The molecule has 1 N–H and O–H groups in total. The Kier molecular flexibility index (Phi) is 7.40. The molecule has 0 saturated heterocycles. The van der Waals surface area contributed by atoms with Gasteiger partial charge in [0, 0.05) is 42.9 Å². The monoisotopic (exact) mass is 512 g/mol. The fourth-order valence-corrected chi connectivity index (χ4v) is 5.06. The van der Waals surface area contributed by atoms with Gasteiger partial charge in [-0.25, -0.2) is 0 Å². The Hall–Kier alpha value is -4.20. The standard InChI is InChI=1S/C30H32N4O4/c1-33(2)30(37)22-8-5-7-21(16-22)28(18-29(35)36)34-27-13-12-25(17-23(27)19-31-34)38-15-14-24-11-10-20-6-3-4-9-26(20)32-24/h5,7-8,10-13,16-17,19,28H,3-4,6,9,14-15,18H2,1-2H3,(H,35,36)/t28-/m1/s1. The zero-order chi connectivity index (χ0) is 26.6. The predicted molar refractivity (Wildman–Crippen MR) is 145 cm³/mol. The van der Waals surface area contributed by atoms with Crippen LogP contribution in [-0.4, -0.2) is 57.3 Å². The first-order valence-electron chi connectivity index (χ1n) is 13.0. The number of pyridine rings is 1. The highest BCUT2D eigenvalue weighted by Gasteiger charge is 2.22. The van der Waals surface area contributed by atoms with Crippen molar-refractivity contribution in [3.8, 4) is 5.75 Å². The molecule has 38 heavy (non-hydrogen) atoms. The number of ether oxygens (including phenoxy) is 1. The van der Waals surface area contributed by atoms with E-state index in [9.17, 15) is 14.7 Å². The van der Waals surface area contributed by atoms with Gasteiger partial charge in [-0.2, -0.15) is 5.10 Å². The summed E-state index contributed by atoms with van der Waals surface area (Å²) in [6.45, 7) is 0.514. The number of aryl methyl sites for hydroxylation is 2. The van der Waals surface area contributed by atoms with E-state index in [1.165, 1.54) is 29.0 Å². The van der Waals surface area contributed by atoms with Gasteiger partial charge in [0.2, 0.25) is 0 Å². The number of amides is 1. The molecule has 1 aliphatic rings. The van der Waals surface area contributed by atoms with Crippen LogP contribution in [0.3, 0.4) is 0 Å². The third-order valence-electron chi connectivity index (χ3n) is 7.02. The number of carbonyl (C=O) groups is 2. The van der Waals surface area contributed by atoms with Crippen LogP contribution in [0.5, 0.6) is 5.75 Å². The van der Waals surface area contributed by atoms with Gasteiger partial charge in [0.25, 0.3) is 5.91 Å². The minimum absolute atomic E-state index is 0.140. The lowest BCUT2D eigenvalue weighted by Gasteiger charge is -2.19. The summed E-state index contributed by atoms with van der Waals surface area (Å²) in [6, 6.07) is 16.5. The molecular formula is C30H32N4O4. The van der Waals surface area contributed by atoms with Gasteiger partial charge < -0.3 is 14.7 Å². The Morgan fingerprint density at radius 1 is 1.08 bits per heavy atom. The molecule has 0 bridgehead atoms. The van der Waals surface area contributed by atoms with E-state index in [4.69, 9.17) is 9.72 Å². The van der Waals surface area contributed by atoms with Gasteiger partial charge in [0.15, 0.2) is 0 Å². The van der Waals surface area contributed by atoms with Gasteiger partial charge in [-0.3, -0.25) is 19.3 Å². The first-order valence-corrected chi connectivity index (χ1v) is 13.0. The van der Waals surface area contributed by atoms with Crippen molar-refractivity contribution in [3.63, 3.8) is 0 Å². The average Bonchev–Trinajstić information content (AvgIpc) is 3.34. The molecule has 2 aromatic heterocycles. The molecule has 0 radical (unpaired) electrons. The van der Waals surface area contributed by atoms with E-state index in [0.29, 0.717) is 17.7 Å². The highest BCUT2D eigenvalue weighted by atomic mass is 16.5. The largest absolute Gasteiger partial charge is 0.493 e. The van der Waals surface area contributed by atoms with Gasteiger partial charge in [0.1, 0.15) is 5.75 Å². The maximum atomic E-state index is 12.5. The van der Waals surface area contributed by atoms with Crippen molar-refractivity contribution in [2.75, 3.05) is 20.7 Å². The van der Waals surface area contributed by atoms with Crippen LogP contribution in [0.2, 0.25) is 0 Å². The maximum Gasteiger partial charge on any atom is 0.305 e. The summed E-state index contributed by atoms with van der Waals surface area (Å²) >= 11 is 0. The van der Waals surface area contributed by atoms with Crippen molar-refractivity contribution in [2.45, 2.75) is 44.6 Å². The number of fused-ring (bicyclic) bond motifs is 2. The van der Waals surface area contributed by atoms with Crippen LogP contribution in [0.25, 0.3) is 10.9 Å². The summed E-state index contributed by atoms with van der Waals surface area (Å²) in [6.07, 6.45) is 6.92. The van der Waals surface area contributed by atoms with Crippen molar-refractivity contribution in [1.29, 1.82) is 0 Å². The number of carbonyl (C=O) groups excluding carboxylic acids is 1. The highest BCUT2D eigenvalue weighted by molar-refractivity contribution is 5.94. The molecule has 0 aliphatic heterocycles. The second kappa shape index (κ2) is 11.0. The summed E-state index contributed by atoms with van der Waals surface area (Å²) in [5.74, 6) is -0.360. The molecular weight excluding hydrogens is 480 g/mol. The van der Waals surface area contributed by atoms with E-state index >= 15 is 0 Å². The Morgan fingerprint density at radius 3 is 2.74 bits per heavy atom. The molecule has 0 spiro atoms. The van der Waals surface area contributed by atoms with Crippen molar-refractivity contribution in [3.05, 3.63) is 88.9 Å². The van der Waals surface area contributed by atoms with Gasteiger partial charge in [-0.05, 0) is 73.2 Å².